The standard InChI is InChI=1S/C41H44ClN2/c1-7-25-41(28-30-14-9-8-10-15-30)34-27-32(42)21-23-35(34)43(6)38(41)19-13-18-37-40(4,5)39-33-17-12-11-16-31(33)20-22-36(39)44(37)26-24-29(2)3/h7-23,27,29H,1,24-26,28H2,2-6H3/q+1. The zero-order valence-corrected chi connectivity index (χ0v) is 27.5. The van der Waals surface area contributed by atoms with Gasteiger partial charge < -0.3 is 4.90 Å². The molecule has 6 rings (SSSR count). The Balaban J connectivity index is 1.47. The van der Waals surface area contributed by atoms with Gasteiger partial charge in [0.15, 0.2) is 5.71 Å². The molecule has 4 aromatic rings. The number of hydrogen-bond acceptors (Lipinski definition) is 1. The Kier molecular flexibility index (Phi) is 8.16. The molecule has 3 heteroatoms. The summed E-state index contributed by atoms with van der Waals surface area (Å²) in [4.78, 5) is 2.57. The molecule has 0 aromatic heterocycles. The second-order valence-corrected chi connectivity index (χ2v) is 13.8. The zero-order chi connectivity index (χ0) is 31.1. The molecule has 0 amide bonds. The Labute approximate surface area is 268 Å². The number of nitrogens with zero attached hydrogens (tertiary/aromatic N) is 2. The van der Waals surface area contributed by atoms with Crippen LogP contribution in [-0.2, 0) is 17.3 Å². The van der Waals surface area contributed by atoms with E-state index in [1.54, 1.807) is 0 Å². The number of benzene rings is 4. The smallest absolute Gasteiger partial charge is 0.209 e. The molecule has 0 aliphatic carbocycles. The molecule has 1 atom stereocenters. The summed E-state index contributed by atoms with van der Waals surface area (Å²) in [7, 11) is 2.19. The molecule has 224 valence electrons. The minimum absolute atomic E-state index is 0.136. The molecule has 2 nitrogen and oxygen atoms in total. The molecule has 44 heavy (non-hydrogen) atoms. The van der Waals surface area contributed by atoms with E-state index in [0.29, 0.717) is 5.92 Å². The van der Waals surface area contributed by atoms with Crippen molar-refractivity contribution in [3.63, 3.8) is 0 Å². The van der Waals surface area contributed by atoms with Crippen molar-refractivity contribution in [2.75, 3.05) is 18.5 Å². The van der Waals surface area contributed by atoms with Crippen LogP contribution in [0.25, 0.3) is 10.8 Å². The van der Waals surface area contributed by atoms with Gasteiger partial charge in [-0.05, 0) is 71.4 Å². The first-order valence-corrected chi connectivity index (χ1v) is 16.3. The van der Waals surface area contributed by atoms with Gasteiger partial charge in [0.2, 0.25) is 5.69 Å². The van der Waals surface area contributed by atoms with E-state index in [2.05, 4.69) is 154 Å². The Morgan fingerprint density at radius 2 is 1.70 bits per heavy atom. The van der Waals surface area contributed by atoms with E-state index in [0.717, 1.165) is 30.8 Å². The monoisotopic (exact) mass is 599 g/mol. The molecule has 0 spiro atoms. The first-order valence-electron chi connectivity index (χ1n) is 15.9. The van der Waals surface area contributed by atoms with Gasteiger partial charge in [-0.2, -0.15) is 4.58 Å². The molecule has 4 aromatic carbocycles. The number of anilines is 1. The van der Waals surface area contributed by atoms with Crippen LogP contribution >= 0.6 is 11.6 Å². The van der Waals surface area contributed by atoms with Crippen LogP contribution in [0.4, 0.5) is 11.4 Å². The van der Waals surface area contributed by atoms with E-state index in [-0.39, 0.29) is 10.8 Å². The van der Waals surface area contributed by atoms with Crippen molar-refractivity contribution < 1.29 is 4.58 Å². The van der Waals surface area contributed by atoms with Crippen LogP contribution in [0.5, 0.6) is 0 Å². The van der Waals surface area contributed by atoms with Crippen molar-refractivity contribution in [3.8, 4) is 0 Å². The van der Waals surface area contributed by atoms with E-state index < -0.39 is 0 Å². The first-order chi connectivity index (χ1) is 21.2. The van der Waals surface area contributed by atoms with E-state index in [1.807, 2.05) is 6.07 Å². The normalized spacial score (nSPS) is 19.9. The predicted molar refractivity (Wildman–Crippen MR) is 190 cm³/mol. The van der Waals surface area contributed by atoms with Gasteiger partial charge in [0.1, 0.15) is 7.05 Å². The van der Waals surface area contributed by atoms with Gasteiger partial charge in [-0.15, -0.1) is 6.58 Å². The van der Waals surface area contributed by atoms with Gasteiger partial charge in [0.25, 0.3) is 0 Å². The van der Waals surface area contributed by atoms with Gasteiger partial charge in [0.05, 0.1) is 5.41 Å². The molecule has 0 N–H and O–H groups in total. The number of halogens is 1. The number of hydrogen-bond donors (Lipinski definition) is 0. The third kappa shape index (κ3) is 5.14. The maximum atomic E-state index is 6.64. The SMILES string of the molecule is C=CCC1(Cc2ccccc2)C(/C=C/C=C2/N(CCC(C)C)c3ccc4ccccc4c3C2(C)C)=[N+](C)c2ccc(Cl)cc21. The zero-order valence-electron chi connectivity index (χ0n) is 26.8. The summed E-state index contributed by atoms with van der Waals surface area (Å²) in [6.45, 7) is 14.6. The highest BCUT2D eigenvalue weighted by Crippen LogP contribution is 2.51. The van der Waals surface area contributed by atoms with Crippen LogP contribution in [0.1, 0.15) is 57.2 Å². The van der Waals surface area contributed by atoms with Crippen molar-refractivity contribution in [2.24, 2.45) is 5.92 Å². The van der Waals surface area contributed by atoms with Crippen molar-refractivity contribution >= 4 is 39.5 Å². The van der Waals surface area contributed by atoms with Crippen LogP contribution in [0.3, 0.4) is 0 Å². The lowest BCUT2D eigenvalue weighted by molar-refractivity contribution is -0.401. The lowest BCUT2D eigenvalue weighted by Gasteiger charge is -2.28. The van der Waals surface area contributed by atoms with Gasteiger partial charge >= 0.3 is 0 Å². The maximum Gasteiger partial charge on any atom is 0.209 e. The third-order valence-corrected chi connectivity index (χ3v) is 9.96. The average molecular weight is 600 g/mol. The molecule has 0 fully saturated rings. The molecule has 1 unspecified atom stereocenters. The van der Waals surface area contributed by atoms with Gasteiger partial charge in [-0.3, -0.25) is 0 Å². The second-order valence-electron chi connectivity index (χ2n) is 13.4. The number of rotatable bonds is 9. The summed E-state index contributed by atoms with van der Waals surface area (Å²) in [5.41, 5.74) is 8.75. The maximum absolute atomic E-state index is 6.64. The fourth-order valence-corrected chi connectivity index (χ4v) is 7.77. The number of fused-ring (bicyclic) bond motifs is 4. The van der Waals surface area contributed by atoms with Gasteiger partial charge in [-0.1, -0.05) is 112 Å². The summed E-state index contributed by atoms with van der Waals surface area (Å²) in [5.74, 6) is 0.630. The minimum atomic E-state index is -0.269. The Bertz CT molecular complexity index is 1810. The van der Waals surface area contributed by atoms with Crippen LogP contribution in [0.2, 0.25) is 5.02 Å². The average Bonchev–Trinajstić information content (AvgIpc) is 3.36. The number of allylic oxidation sites excluding steroid dienone is 5. The summed E-state index contributed by atoms with van der Waals surface area (Å²) >= 11 is 6.64. The van der Waals surface area contributed by atoms with Gasteiger partial charge in [0, 0.05) is 46.1 Å². The van der Waals surface area contributed by atoms with Crippen LogP contribution in [0, 0.1) is 5.92 Å². The second kappa shape index (κ2) is 11.9. The highest BCUT2D eigenvalue weighted by atomic mass is 35.5. The molecule has 0 bridgehead atoms. The first kappa shape index (κ1) is 30.2. The van der Waals surface area contributed by atoms with Crippen LogP contribution in [0.15, 0.2) is 122 Å². The Hall–Kier alpha value is -3.88. The van der Waals surface area contributed by atoms with E-state index in [9.17, 15) is 0 Å². The Morgan fingerprint density at radius 1 is 0.955 bits per heavy atom. The molecule has 0 saturated carbocycles. The molecular weight excluding hydrogens is 556 g/mol. The largest absolute Gasteiger partial charge is 0.344 e. The van der Waals surface area contributed by atoms with Gasteiger partial charge in [-0.25, -0.2) is 0 Å². The lowest BCUT2D eigenvalue weighted by atomic mass is 9.70. The van der Waals surface area contributed by atoms with Crippen molar-refractivity contribution in [2.45, 2.75) is 57.8 Å². The third-order valence-electron chi connectivity index (χ3n) is 9.72. The van der Waals surface area contributed by atoms with Crippen LogP contribution < -0.4 is 4.90 Å². The minimum Gasteiger partial charge on any atom is -0.344 e. The summed E-state index contributed by atoms with van der Waals surface area (Å²) < 4.78 is 2.35. The lowest BCUT2D eigenvalue weighted by Crippen LogP contribution is -2.36. The van der Waals surface area contributed by atoms with Crippen molar-refractivity contribution in [3.05, 3.63) is 143 Å². The predicted octanol–water partition coefficient (Wildman–Crippen LogP) is 10.6. The molecule has 2 aliphatic heterocycles. The molecule has 0 radical (unpaired) electrons. The fourth-order valence-electron chi connectivity index (χ4n) is 7.60. The molecule has 2 heterocycles. The topological polar surface area (TPSA) is 6.25 Å². The molecule has 2 aliphatic rings. The highest BCUT2D eigenvalue weighted by molar-refractivity contribution is 6.30. The highest BCUT2D eigenvalue weighted by Gasteiger charge is 2.49. The summed E-state index contributed by atoms with van der Waals surface area (Å²) in [6, 6.07) is 30.6. The Morgan fingerprint density at radius 3 is 2.45 bits per heavy atom. The quantitative estimate of drug-likeness (QED) is 0.137. The van der Waals surface area contributed by atoms with Crippen LogP contribution in [-0.4, -0.2) is 23.9 Å². The van der Waals surface area contributed by atoms with E-state index in [1.165, 1.54) is 50.2 Å². The molecular formula is C41H44ClN2+. The van der Waals surface area contributed by atoms with Crippen molar-refractivity contribution in [1.82, 2.24) is 0 Å². The summed E-state index contributed by atoms with van der Waals surface area (Å²) in [5, 5.41) is 3.42. The van der Waals surface area contributed by atoms with E-state index in [4.69, 9.17) is 11.6 Å². The summed E-state index contributed by atoms with van der Waals surface area (Å²) in [6.07, 6.45) is 11.9. The molecule has 0 saturated heterocycles. The van der Waals surface area contributed by atoms with E-state index >= 15 is 0 Å². The van der Waals surface area contributed by atoms with Crippen molar-refractivity contribution in [1.29, 1.82) is 0 Å². The fraction of sp³-hybridized carbons (Fsp3) is 0.293.